The van der Waals surface area contributed by atoms with Crippen LogP contribution in [-0.2, 0) is 19.2 Å². The predicted molar refractivity (Wildman–Crippen MR) is 146 cm³/mol. The largest absolute Gasteiger partial charge is 0.480 e. The summed E-state index contributed by atoms with van der Waals surface area (Å²) < 4.78 is 0. The number of rotatable bonds is 18. The van der Waals surface area contributed by atoms with Gasteiger partial charge in [-0.3, -0.25) is 24.4 Å². The minimum absolute atomic E-state index is 0.00178. The van der Waals surface area contributed by atoms with Gasteiger partial charge in [0.1, 0.15) is 18.1 Å². The molecule has 0 saturated heterocycles. The van der Waals surface area contributed by atoms with Crippen molar-refractivity contribution in [3.05, 3.63) is 0 Å². The Labute approximate surface area is 223 Å². The Balaban J connectivity index is 5.32. The Bertz CT molecular complexity index is 838. The first-order valence-corrected chi connectivity index (χ1v) is 12.7. The summed E-state index contributed by atoms with van der Waals surface area (Å²) >= 11 is 0. The summed E-state index contributed by atoms with van der Waals surface area (Å²) in [5, 5.41) is 17.3. The van der Waals surface area contributed by atoms with E-state index in [0.29, 0.717) is 25.8 Å². The predicted octanol–water partition coefficient (Wildman–Crippen LogP) is -2.34. The lowest BCUT2D eigenvalue weighted by Crippen LogP contribution is -2.58. The maximum Gasteiger partial charge on any atom is 0.326 e. The fraction of sp³-hybridized carbons (Fsp3) is 0.739. The Morgan fingerprint density at radius 1 is 0.737 bits per heavy atom. The summed E-state index contributed by atoms with van der Waals surface area (Å²) in [5.41, 5.74) is 27.0. The van der Waals surface area contributed by atoms with E-state index in [1.807, 2.05) is 13.8 Å². The molecule has 0 aromatic heterocycles. The topological polar surface area (TPSA) is 279 Å². The van der Waals surface area contributed by atoms with E-state index in [0.717, 1.165) is 0 Å². The van der Waals surface area contributed by atoms with Crippen LogP contribution in [0.25, 0.3) is 0 Å². The van der Waals surface area contributed by atoms with Gasteiger partial charge < -0.3 is 49.7 Å². The molecule has 4 atom stereocenters. The number of carbonyl (C=O) groups excluding carboxylic acids is 3. The van der Waals surface area contributed by atoms with E-state index in [9.17, 15) is 24.3 Å². The fourth-order valence-electron chi connectivity index (χ4n) is 3.44. The number of carboxylic acid groups (broad SMARTS) is 1. The number of guanidine groups is 2. The van der Waals surface area contributed by atoms with Crippen molar-refractivity contribution < 1.29 is 24.3 Å². The highest BCUT2D eigenvalue weighted by Gasteiger charge is 2.31. The first kappa shape index (κ1) is 34.4. The van der Waals surface area contributed by atoms with Crippen molar-refractivity contribution in [1.29, 1.82) is 0 Å². The molecule has 0 aliphatic heterocycles. The number of nitrogens with zero attached hydrogens (tertiary/aromatic N) is 2. The van der Waals surface area contributed by atoms with E-state index < -0.39 is 47.9 Å². The van der Waals surface area contributed by atoms with Gasteiger partial charge in [0, 0.05) is 13.1 Å². The highest BCUT2D eigenvalue weighted by molar-refractivity contribution is 5.94. The van der Waals surface area contributed by atoms with Crippen LogP contribution in [-0.4, -0.2) is 78.0 Å². The molecule has 0 bridgehead atoms. The van der Waals surface area contributed by atoms with Crippen molar-refractivity contribution in [1.82, 2.24) is 16.0 Å². The standard InChI is InChI=1S/C23H46N10O5/c1-12(2)11-16(19(35)31-15(21(37)38)8-6-10-30-23(27)28)32-20(36)17(13(3)4)33-18(34)14(24)7-5-9-29-22(25)26/h12-17H,5-11,24H2,1-4H3,(H,31,35)(H,32,36)(H,33,34)(H,37,38)(H4,25,26,29)(H4,27,28,30). The molecule has 0 fully saturated rings. The number of carbonyl (C=O) groups is 4. The van der Waals surface area contributed by atoms with Gasteiger partial charge in [0.15, 0.2) is 11.9 Å². The minimum Gasteiger partial charge on any atom is -0.480 e. The van der Waals surface area contributed by atoms with Crippen molar-refractivity contribution in [2.24, 2.45) is 50.5 Å². The van der Waals surface area contributed by atoms with E-state index in [4.69, 9.17) is 28.7 Å². The molecule has 4 unspecified atom stereocenters. The molecule has 0 saturated carbocycles. The highest BCUT2D eigenvalue weighted by Crippen LogP contribution is 2.10. The van der Waals surface area contributed by atoms with Crippen molar-refractivity contribution in [2.45, 2.75) is 84.0 Å². The zero-order chi connectivity index (χ0) is 29.4. The second-order valence-electron chi connectivity index (χ2n) is 9.82. The Hall–Kier alpha value is -3.62. The first-order chi connectivity index (χ1) is 17.6. The lowest BCUT2D eigenvalue weighted by Gasteiger charge is -2.27. The molecule has 0 aliphatic rings. The van der Waals surface area contributed by atoms with Crippen LogP contribution in [0.5, 0.6) is 0 Å². The summed E-state index contributed by atoms with van der Waals surface area (Å²) in [6.07, 6.45) is 1.43. The number of nitrogens with one attached hydrogen (secondary N) is 3. The van der Waals surface area contributed by atoms with E-state index in [1.54, 1.807) is 13.8 Å². The van der Waals surface area contributed by atoms with Crippen LogP contribution in [0.2, 0.25) is 0 Å². The molecule has 0 radical (unpaired) electrons. The van der Waals surface area contributed by atoms with Gasteiger partial charge in [-0.1, -0.05) is 27.7 Å². The van der Waals surface area contributed by atoms with E-state index in [-0.39, 0.29) is 43.1 Å². The number of amides is 3. The molecule has 0 aromatic rings. The molecule has 0 rings (SSSR count). The Kier molecular flexibility index (Phi) is 16.1. The van der Waals surface area contributed by atoms with Gasteiger partial charge >= 0.3 is 5.97 Å². The van der Waals surface area contributed by atoms with Crippen LogP contribution in [0.3, 0.4) is 0 Å². The molecule has 0 aliphatic carbocycles. The van der Waals surface area contributed by atoms with Crippen molar-refractivity contribution in [2.75, 3.05) is 13.1 Å². The third kappa shape index (κ3) is 14.8. The van der Waals surface area contributed by atoms with Gasteiger partial charge in [0.2, 0.25) is 17.7 Å². The zero-order valence-electron chi connectivity index (χ0n) is 22.8. The number of aliphatic carboxylic acids is 1. The maximum absolute atomic E-state index is 13.1. The number of hydrogen-bond acceptors (Lipinski definition) is 7. The second kappa shape index (κ2) is 17.8. The smallest absolute Gasteiger partial charge is 0.326 e. The quantitative estimate of drug-likeness (QED) is 0.0505. The van der Waals surface area contributed by atoms with Crippen molar-refractivity contribution in [3.63, 3.8) is 0 Å². The molecule has 15 nitrogen and oxygen atoms in total. The normalized spacial score (nSPS) is 14.1. The number of aliphatic imine (C=N–C) groups is 2. The van der Waals surface area contributed by atoms with E-state index in [1.165, 1.54) is 0 Å². The first-order valence-electron chi connectivity index (χ1n) is 12.7. The summed E-state index contributed by atoms with van der Waals surface area (Å²) in [5.74, 6) is -3.47. The molecular weight excluding hydrogens is 496 g/mol. The second-order valence-corrected chi connectivity index (χ2v) is 9.82. The van der Waals surface area contributed by atoms with Gasteiger partial charge in [0.05, 0.1) is 6.04 Å². The number of hydrogen-bond donors (Lipinski definition) is 9. The minimum atomic E-state index is -1.22. The van der Waals surface area contributed by atoms with E-state index >= 15 is 0 Å². The third-order valence-electron chi connectivity index (χ3n) is 5.45. The van der Waals surface area contributed by atoms with Crippen LogP contribution >= 0.6 is 0 Å². The summed E-state index contributed by atoms with van der Waals surface area (Å²) in [7, 11) is 0. The van der Waals surface area contributed by atoms with Crippen LogP contribution in [0.1, 0.15) is 59.8 Å². The SMILES string of the molecule is CC(C)CC(NC(=O)C(NC(=O)C(N)CCCN=C(N)N)C(C)C)C(=O)NC(CCCN=C(N)N)C(=O)O. The Morgan fingerprint density at radius 3 is 1.68 bits per heavy atom. The van der Waals surface area contributed by atoms with Crippen molar-refractivity contribution in [3.8, 4) is 0 Å². The summed E-state index contributed by atoms with van der Waals surface area (Å²) in [6.45, 7) is 7.72. The van der Waals surface area contributed by atoms with Gasteiger partial charge in [-0.2, -0.15) is 0 Å². The molecule has 0 aromatic carbocycles. The van der Waals surface area contributed by atoms with Gasteiger partial charge in [-0.15, -0.1) is 0 Å². The number of nitrogens with two attached hydrogens (primary N) is 5. The van der Waals surface area contributed by atoms with Crippen LogP contribution in [0, 0.1) is 11.8 Å². The van der Waals surface area contributed by atoms with Crippen LogP contribution in [0.15, 0.2) is 9.98 Å². The fourth-order valence-corrected chi connectivity index (χ4v) is 3.44. The molecule has 38 heavy (non-hydrogen) atoms. The summed E-state index contributed by atoms with van der Waals surface area (Å²) in [6, 6.07) is -4.07. The maximum atomic E-state index is 13.1. The van der Waals surface area contributed by atoms with E-state index in [2.05, 4.69) is 25.9 Å². The highest BCUT2D eigenvalue weighted by atomic mass is 16.4. The molecule has 15 heteroatoms. The molecule has 0 heterocycles. The average Bonchev–Trinajstić information content (AvgIpc) is 2.80. The monoisotopic (exact) mass is 542 g/mol. The van der Waals surface area contributed by atoms with Gasteiger partial charge in [0.25, 0.3) is 0 Å². The van der Waals surface area contributed by atoms with Crippen molar-refractivity contribution >= 4 is 35.6 Å². The molecular formula is C23H46N10O5. The summed E-state index contributed by atoms with van der Waals surface area (Å²) in [4.78, 5) is 58.0. The zero-order valence-corrected chi connectivity index (χ0v) is 22.8. The molecule has 3 amide bonds. The molecule has 0 spiro atoms. The Morgan fingerprint density at radius 2 is 1.24 bits per heavy atom. The van der Waals surface area contributed by atoms with Crippen LogP contribution in [0.4, 0.5) is 0 Å². The van der Waals surface area contributed by atoms with Gasteiger partial charge in [-0.05, 0) is 43.9 Å². The lowest BCUT2D eigenvalue weighted by atomic mass is 9.99. The third-order valence-corrected chi connectivity index (χ3v) is 5.45. The van der Waals surface area contributed by atoms with Crippen LogP contribution < -0.4 is 44.6 Å². The average molecular weight is 543 g/mol. The lowest BCUT2D eigenvalue weighted by molar-refractivity contribution is -0.142. The number of carboxylic acids is 1. The molecule has 218 valence electrons. The van der Waals surface area contributed by atoms with Gasteiger partial charge in [-0.25, -0.2) is 4.79 Å². The molecule has 14 N–H and O–H groups in total.